The van der Waals surface area contributed by atoms with Crippen LogP contribution in [0.2, 0.25) is 0 Å². The van der Waals surface area contributed by atoms with Crippen molar-refractivity contribution in [3.8, 4) is 17.6 Å². The smallest absolute Gasteiger partial charge is 0.266 e. The van der Waals surface area contributed by atoms with Gasteiger partial charge < -0.3 is 9.47 Å². The third-order valence-electron chi connectivity index (χ3n) is 4.36. The summed E-state index contributed by atoms with van der Waals surface area (Å²) in [5, 5.41) is 9.54. The molecule has 1 heterocycles. The average molecular weight is 395 g/mol. The highest BCUT2D eigenvalue weighted by Crippen LogP contribution is 2.29. The molecule has 28 heavy (non-hydrogen) atoms. The molecule has 6 nitrogen and oxygen atoms in total. The molecule has 0 aromatic heterocycles. The molecule has 2 aromatic rings. The van der Waals surface area contributed by atoms with Gasteiger partial charge in [-0.1, -0.05) is 18.7 Å². The lowest BCUT2D eigenvalue weighted by atomic mass is 10.2. The molecule has 1 fully saturated rings. The number of benzene rings is 2. The predicted octanol–water partition coefficient (Wildman–Crippen LogP) is 3.99. The maximum Gasteiger partial charge on any atom is 0.266 e. The number of rotatable bonds is 6. The van der Waals surface area contributed by atoms with E-state index in [1.807, 2.05) is 24.3 Å². The number of hydrogen-bond donors (Lipinski definition) is 0. The topological polar surface area (TPSA) is 74.9 Å². The number of amidine groups is 1. The summed E-state index contributed by atoms with van der Waals surface area (Å²) in [5.74, 6) is 2.00. The Morgan fingerprint density at radius 1 is 1.21 bits per heavy atom. The van der Waals surface area contributed by atoms with Gasteiger partial charge >= 0.3 is 0 Å². The number of nitrogens with zero attached hydrogens (tertiary/aromatic N) is 3. The summed E-state index contributed by atoms with van der Waals surface area (Å²) < 4.78 is 10.8. The molecule has 0 radical (unpaired) electrons. The lowest BCUT2D eigenvalue weighted by Gasteiger charge is -2.23. The van der Waals surface area contributed by atoms with E-state index < -0.39 is 0 Å². The number of amides is 1. The highest BCUT2D eigenvalue weighted by atomic mass is 32.2. The lowest BCUT2D eigenvalue weighted by molar-refractivity contribution is -0.130. The van der Waals surface area contributed by atoms with Gasteiger partial charge in [-0.25, -0.2) is 4.99 Å². The fourth-order valence-corrected chi connectivity index (χ4v) is 4.06. The van der Waals surface area contributed by atoms with Crippen LogP contribution in [0.3, 0.4) is 0 Å². The largest absolute Gasteiger partial charge is 0.497 e. The van der Waals surface area contributed by atoms with Gasteiger partial charge in [0.15, 0.2) is 11.8 Å². The second kappa shape index (κ2) is 9.29. The van der Waals surface area contributed by atoms with Crippen molar-refractivity contribution in [2.45, 2.75) is 19.4 Å². The van der Waals surface area contributed by atoms with Gasteiger partial charge in [0.05, 0.1) is 24.4 Å². The Hall–Kier alpha value is -2.98. The minimum absolute atomic E-state index is 0.0788. The second-order valence-electron chi connectivity index (χ2n) is 6.15. The zero-order valence-corrected chi connectivity index (χ0v) is 16.6. The van der Waals surface area contributed by atoms with Crippen LogP contribution in [-0.2, 0) is 4.79 Å². The van der Waals surface area contributed by atoms with E-state index in [0.717, 1.165) is 23.6 Å². The SMILES string of the molecule is CC[C@H]1CSC(=Nc2ccc(OC)cc2)N1C(=O)COc1ccc(C#N)cc1. The quantitative estimate of drug-likeness (QED) is 0.739. The molecule has 0 aliphatic carbocycles. The van der Waals surface area contributed by atoms with Gasteiger partial charge in [0.1, 0.15) is 11.5 Å². The van der Waals surface area contributed by atoms with E-state index in [0.29, 0.717) is 16.5 Å². The summed E-state index contributed by atoms with van der Waals surface area (Å²) in [4.78, 5) is 19.2. The minimum Gasteiger partial charge on any atom is -0.497 e. The number of carbonyl (C=O) groups is 1. The number of hydrogen-bond acceptors (Lipinski definition) is 6. The highest BCUT2D eigenvalue weighted by molar-refractivity contribution is 8.14. The molecule has 7 heteroatoms. The van der Waals surface area contributed by atoms with Gasteiger partial charge in [-0.3, -0.25) is 9.69 Å². The van der Waals surface area contributed by atoms with Crippen molar-refractivity contribution in [1.29, 1.82) is 5.26 Å². The van der Waals surface area contributed by atoms with Gasteiger partial charge in [-0.05, 0) is 55.0 Å². The Balaban J connectivity index is 1.72. The molecule has 1 aliphatic heterocycles. The van der Waals surface area contributed by atoms with Gasteiger partial charge in [-0.15, -0.1) is 0 Å². The van der Waals surface area contributed by atoms with Gasteiger partial charge in [0.2, 0.25) is 0 Å². The Morgan fingerprint density at radius 2 is 1.89 bits per heavy atom. The van der Waals surface area contributed by atoms with Crippen LogP contribution in [0.1, 0.15) is 18.9 Å². The van der Waals surface area contributed by atoms with Crippen LogP contribution in [0, 0.1) is 11.3 Å². The normalized spacial score (nSPS) is 17.4. The number of methoxy groups -OCH3 is 1. The first-order chi connectivity index (χ1) is 13.6. The van der Waals surface area contributed by atoms with Gasteiger partial charge in [-0.2, -0.15) is 5.26 Å². The summed E-state index contributed by atoms with van der Waals surface area (Å²) >= 11 is 1.58. The van der Waals surface area contributed by atoms with Gasteiger partial charge in [0.25, 0.3) is 5.91 Å². The summed E-state index contributed by atoms with van der Waals surface area (Å²) in [6.07, 6.45) is 0.844. The molecule has 1 saturated heterocycles. The second-order valence-corrected chi connectivity index (χ2v) is 7.14. The molecule has 0 N–H and O–H groups in total. The van der Waals surface area contributed by atoms with Crippen LogP contribution in [0.4, 0.5) is 5.69 Å². The first-order valence-corrected chi connectivity index (χ1v) is 9.93. The summed E-state index contributed by atoms with van der Waals surface area (Å²) in [7, 11) is 1.62. The van der Waals surface area contributed by atoms with Crippen LogP contribution in [-0.4, -0.2) is 41.5 Å². The van der Waals surface area contributed by atoms with E-state index in [1.54, 1.807) is 48.0 Å². The molecular weight excluding hydrogens is 374 g/mol. The molecular formula is C21H21N3O3S. The Kier molecular flexibility index (Phi) is 6.56. The van der Waals surface area contributed by atoms with E-state index in [4.69, 9.17) is 14.7 Å². The van der Waals surface area contributed by atoms with E-state index >= 15 is 0 Å². The van der Waals surface area contributed by atoms with Gasteiger partial charge in [0, 0.05) is 11.8 Å². The predicted molar refractivity (Wildman–Crippen MR) is 110 cm³/mol. The number of carbonyl (C=O) groups excluding carboxylic acids is 1. The van der Waals surface area contributed by atoms with E-state index in [9.17, 15) is 4.79 Å². The molecule has 1 aliphatic rings. The molecule has 144 valence electrons. The van der Waals surface area contributed by atoms with Crippen molar-refractivity contribution in [2.24, 2.45) is 4.99 Å². The third-order valence-corrected chi connectivity index (χ3v) is 5.46. The Morgan fingerprint density at radius 3 is 2.50 bits per heavy atom. The first kappa shape index (κ1) is 19.8. The average Bonchev–Trinajstić information content (AvgIpc) is 3.15. The van der Waals surface area contributed by atoms with Crippen molar-refractivity contribution in [2.75, 3.05) is 19.5 Å². The maximum absolute atomic E-state index is 12.8. The van der Waals surface area contributed by atoms with Crippen molar-refractivity contribution in [3.63, 3.8) is 0 Å². The van der Waals surface area contributed by atoms with Crippen LogP contribution >= 0.6 is 11.8 Å². The summed E-state index contributed by atoms with van der Waals surface area (Å²) in [6, 6.07) is 16.3. The Labute approximate surface area is 168 Å². The van der Waals surface area contributed by atoms with Crippen LogP contribution < -0.4 is 9.47 Å². The first-order valence-electron chi connectivity index (χ1n) is 8.95. The number of ether oxygens (including phenoxy) is 2. The number of aliphatic imine (C=N–C) groups is 1. The van der Waals surface area contributed by atoms with Crippen LogP contribution in [0.25, 0.3) is 0 Å². The highest BCUT2D eigenvalue weighted by Gasteiger charge is 2.34. The monoisotopic (exact) mass is 395 g/mol. The van der Waals surface area contributed by atoms with Crippen molar-refractivity contribution < 1.29 is 14.3 Å². The van der Waals surface area contributed by atoms with Crippen molar-refractivity contribution in [3.05, 3.63) is 54.1 Å². The van der Waals surface area contributed by atoms with E-state index in [2.05, 4.69) is 18.0 Å². The third kappa shape index (κ3) is 4.65. The molecule has 0 unspecified atom stereocenters. The molecule has 1 amide bonds. The summed E-state index contributed by atoms with van der Waals surface area (Å²) in [6.45, 7) is 1.98. The number of nitriles is 1. The molecule has 0 saturated carbocycles. The van der Waals surface area contributed by atoms with E-state index in [-0.39, 0.29) is 18.6 Å². The minimum atomic E-state index is -0.131. The van der Waals surface area contributed by atoms with Crippen LogP contribution in [0.15, 0.2) is 53.5 Å². The van der Waals surface area contributed by atoms with Crippen molar-refractivity contribution >= 4 is 28.5 Å². The summed E-state index contributed by atoms with van der Waals surface area (Å²) in [5.41, 5.74) is 1.32. The maximum atomic E-state index is 12.8. The standard InChI is InChI=1S/C21H21N3O3S/c1-3-17-14-28-21(23-16-6-10-18(26-2)11-7-16)24(17)20(25)13-27-19-8-4-15(12-22)5-9-19/h4-11,17H,3,13-14H2,1-2H3/t17-/m0/s1. The van der Waals surface area contributed by atoms with Crippen LogP contribution in [0.5, 0.6) is 11.5 Å². The molecule has 2 aromatic carbocycles. The fraction of sp³-hybridized carbons (Fsp3) is 0.286. The lowest BCUT2D eigenvalue weighted by Crippen LogP contribution is -2.41. The zero-order chi connectivity index (χ0) is 19.9. The Bertz CT molecular complexity index is 889. The molecule has 0 spiro atoms. The van der Waals surface area contributed by atoms with E-state index in [1.165, 1.54) is 0 Å². The molecule has 0 bridgehead atoms. The fourth-order valence-electron chi connectivity index (χ4n) is 2.78. The zero-order valence-electron chi connectivity index (χ0n) is 15.8. The molecule has 3 rings (SSSR count). The van der Waals surface area contributed by atoms with Crippen molar-refractivity contribution in [1.82, 2.24) is 4.90 Å². The number of thioether (sulfide) groups is 1. The molecule has 1 atom stereocenters.